The summed E-state index contributed by atoms with van der Waals surface area (Å²) in [4.78, 5) is 12.0. The smallest absolute Gasteiger partial charge is 0.225 e. The standard InChI is InChI=1S/C14H18N2OS/c1-9-4-10(2)14(11(3)5-9)16-13(17)6-12-7-15-18-8-12/h4-5,7,12H,6,8H2,1-3H3,(H,16,17). The summed E-state index contributed by atoms with van der Waals surface area (Å²) < 4.78 is 4.08. The van der Waals surface area contributed by atoms with Gasteiger partial charge in [-0.3, -0.25) is 4.79 Å². The zero-order valence-corrected chi connectivity index (χ0v) is 11.8. The maximum absolute atomic E-state index is 12.0. The van der Waals surface area contributed by atoms with Crippen molar-refractivity contribution in [2.24, 2.45) is 10.3 Å². The summed E-state index contributed by atoms with van der Waals surface area (Å²) in [6, 6.07) is 4.19. The predicted octanol–water partition coefficient (Wildman–Crippen LogP) is 3.29. The Kier molecular flexibility index (Phi) is 4.07. The predicted molar refractivity (Wildman–Crippen MR) is 78.3 cm³/mol. The number of hydrogen-bond donors (Lipinski definition) is 1. The van der Waals surface area contributed by atoms with E-state index in [4.69, 9.17) is 0 Å². The summed E-state index contributed by atoms with van der Waals surface area (Å²) in [6.45, 7) is 6.13. The third-order valence-corrected chi connectivity index (χ3v) is 3.87. The lowest BCUT2D eigenvalue weighted by Gasteiger charge is -2.13. The van der Waals surface area contributed by atoms with E-state index in [0.717, 1.165) is 22.6 Å². The number of carbonyl (C=O) groups is 1. The van der Waals surface area contributed by atoms with Gasteiger partial charge in [-0.15, -0.1) is 0 Å². The zero-order chi connectivity index (χ0) is 13.1. The average Bonchev–Trinajstić information content (AvgIpc) is 2.76. The van der Waals surface area contributed by atoms with Gasteiger partial charge in [0.05, 0.1) is 0 Å². The monoisotopic (exact) mass is 262 g/mol. The van der Waals surface area contributed by atoms with E-state index in [-0.39, 0.29) is 11.8 Å². The van der Waals surface area contributed by atoms with Gasteiger partial charge in [-0.25, -0.2) is 4.40 Å². The Hall–Kier alpha value is -1.29. The van der Waals surface area contributed by atoms with Crippen molar-refractivity contribution in [3.05, 3.63) is 28.8 Å². The van der Waals surface area contributed by atoms with Crippen LogP contribution in [-0.4, -0.2) is 17.9 Å². The lowest BCUT2D eigenvalue weighted by Crippen LogP contribution is -2.18. The molecule has 2 rings (SSSR count). The molecule has 1 atom stereocenters. The van der Waals surface area contributed by atoms with Crippen LogP contribution in [0.2, 0.25) is 0 Å². The van der Waals surface area contributed by atoms with Crippen molar-refractivity contribution in [2.45, 2.75) is 27.2 Å². The molecule has 1 aromatic carbocycles. The van der Waals surface area contributed by atoms with Gasteiger partial charge in [0.25, 0.3) is 0 Å². The molecule has 1 amide bonds. The van der Waals surface area contributed by atoms with E-state index in [1.807, 2.05) is 20.1 Å². The van der Waals surface area contributed by atoms with Crippen LogP contribution in [-0.2, 0) is 4.79 Å². The lowest BCUT2D eigenvalue weighted by atomic mass is 10.0. The summed E-state index contributed by atoms with van der Waals surface area (Å²) in [5, 5.41) is 3.02. The fourth-order valence-electron chi connectivity index (χ4n) is 2.23. The molecule has 0 fully saturated rings. The van der Waals surface area contributed by atoms with Gasteiger partial charge in [-0.2, -0.15) is 0 Å². The molecule has 18 heavy (non-hydrogen) atoms. The molecule has 1 N–H and O–H groups in total. The van der Waals surface area contributed by atoms with Gasteiger partial charge < -0.3 is 5.32 Å². The highest BCUT2D eigenvalue weighted by molar-refractivity contribution is 7.98. The topological polar surface area (TPSA) is 41.5 Å². The van der Waals surface area contributed by atoms with Crippen LogP contribution in [0.3, 0.4) is 0 Å². The Morgan fingerprint density at radius 3 is 2.61 bits per heavy atom. The molecule has 1 aromatic rings. The lowest BCUT2D eigenvalue weighted by molar-refractivity contribution is -0.116. The Bertz CT molecular complexity index is 474. The molecule has 1 unspecified atom stereocenters. The van der Waals surface area contributed by atoms with E-state index >= 15 is 0 Å². The second-order valence-corrected chi connectivity index (χ2v) is 5.64. The number of nitrogens with zero attached hydrogens (tertiary/aromatic N) is 1. The average molecular weight is 262 g/mol. The van der Waals surface area contributed by atoms with Crippen LogP contribution < -0.4 is 5.32 Å². The Labute approximate surface area is 112 Å². The quantitative estimate of drug-likeness (QED) is 0.849. The third-order valence-electron chi connectivity index (χ3n) is 3.02. The van der Waals surface area contributed by atoms with Gasteiger partial charge >= 0.3 is 0 Å². The molecule has 0 radical (unpaired) electrons. The van der Waals surface area contributed by atoms with Gasteiger partial charge in [0.15, 0.2) is 0 Å². The summed E-state index contributed by atoms with van der Waals surface area (Å²) in [5.41, 5.74) is 4.42. The van der Waals surface area contributed by atoms with Crippen LogP contribution in [0.25, 0.3) is 0 Å². The number of anilines is 1. The fourth-order valence-corrected chi connectivity index (χ4v) is 2.97. The number of rotatable bonds is 3. The third kappa shape index (κ3) is 3.13. The molecule has 0 spiro atoms. The summed E-state index contributed by atoms with van der Waals surface area (Å²) in [6.07, 6.45) is 2.39. The molecular formula is C14H18N2OS. The minimum absolute atomic E-state index is 0.0732. The highest BCUT2D eigenvalue weighted by Gasteiger charge is 2.17. The van der Waals surface area contributed by atoms with Crippen molar-refractivity contribution in [3.63, 3.8) is 0 Å². The Morgan fingerprint density at radius 1 is 1.39 bits per heavy atom. The molecule has 1 aliphatic rings. The second-order valence-electron chi connectivity index (χ2n) is 4.84. The number of benzene rings is 1. The maximum Gasteiger partial charge on any atom is 0.225 e. The van der Waals surface area contributed by atoms with Crippen LogP contribution in [0.1, 0.15) is 23.1 Å². The second kappa shape index (κ2) is 5.57. The van der Waals surface area contributed by atoms with Crippen molar-refractivity contribution in [2.75, 3.05) is 11.1 Å². The zero-order valence-electron chi connectivity index (χ0n) is 11.0. The summed E-state index contributed by atoms with van der Waals surface area (Å²) in [5.74, 6) is 1.27. The van der Waals surface area contributed by atoms with Gasteiger partial charge in [-0.1, -0.05) is 17.7 Å². The molecule has 1 heterocycles. The SMILES string of the molecule is Cc1cc(C)c(NC(=O)CC2C=NSC2)c(C)c1. The molecule has 3 nitrogen and oxygen atoms in total. The van der Waals surface area contributed by atoms with Crippen molar-refractivity contribution in [1.82, 2.24) is 0 Å². The van der Waals surface area contributed by atoms with Crippen LogP contribution in [0.15, 0.2) is 16.5 Å². The Balaban J connectivity index is 2.04. The molecule has 0 aliphatic carbocycles. The number of hydrogen-bond acceptors (Lipinski definition) is 3. The Morgan fingerprint density at radius 2 is 2.06 bits per heavy atom. The molecule has 0 bridgehead atoms. The first kappa shape index (κ1) is 13.1. The number of amides is 1. The van der Waals surface area contributed by atoms with E-state index < -0.39 is 0 Å². The molecule has 4 heteroatoms. The van der Waals surface area contributed by atoms with Gasteiger partial charge in [-0.05, 0) is 43.8 Å². The van der Waals surface area contributed by atoms with Crippen molar-refractivity contribution in [3.8, 4) is 0 Å². The van der Waals surface area contributed by atoms with E-state index in [0.29, 0.717) is 6.42 Å². The molecule has 0 saturated carbocycles. The molecule has 0 aromatic heterocycles. The van der Waals surface area contributed by atoms with Crippen molar-refractivity contribution >= 4 is 29.8 Å². The molecular weight excluding hydrogens is 244 g/mol. The number of aryl methyl sites for hydroxylation is 3. The van der Waals surface area contributed by atoms with E-state index in [1.54, 1.807) is 0 Å². The van der Waals surface area contributed by atoms with Crippen molar-refractivity contribution < 1.29 is 4.79 Å². The first-order valence-corrected chi connectivity index (χ1v) is 7.03. The van der Waals surface area contributed by atoms with E-state index in [1.165, 1.54) is 17.5 Å². The van der Waals surface area contributed by atoms with Gasteiger partial charge in [0.1, 0.15) is 0 Å². The highest BCUT2D eigenvalue weighted by Crippen LogP contribution is 2.23. The minimum atomic E-state index is 0.0732. The van der Waals surface area contributed by atoms with E-state index in [9.17, 15) is 4.79 Å². The first-order valence-electron chi connectivity index (χ1n) is 6.09. The number of nitrogens with one attached hydrogen (secondary N) is 1. The van der Waals surface area contributed by atoms with Crippen LogP contribution in [0.4, 0.5) is 5.69 Å². The number of carbonyl (C=O) groups excluding carboxylic acids is 1. The minimum Gasteiger partial charge on any atom is -0.326 e. The summed E-state index contributed by atoms with van der Waals surface area (Å²) >= 11 is 1.53. The molecule has 0 saturated heterocycles. The molecule has 1 aliphatic heterocycles. The molecule has 96 valence electrons. The normalized spacial score (nSPS) is 18.1. The van der Waals surface area contributed by atoms with Crippen LogP contribution in [0.5, 0.6) is 0 Å². The van der Waals surface area contributed by atoms with Crippen LogP contribution in [0, 0.1) is 26.7 Å². The maximum atomic E-state index is 12.0. The largest absolute Gasteiger partial charge is 0.326 e. The highest BCUT2D eigenvalue weighted by atomic mass is 32.2. The first-order chi connectivity index (χ1) is 8.56. The fraction of sp³-hybridized carbons (Fsp3) is 0.429. The summed E-state index contributed by atoms with van der Waals surface area (Å²) in [7, 11) is 0. The van der Waals surface area contributed by atoms with Gasteiger partial charge in [0, 0.05) is 30.0 Å². The van der Waals surface area contributed by atoms with Crippen molar-refractivity contribution in [1.29, 1.82) is 0 Å². The van der Waals surface area contributed by atoms with E-state index in [2.05, 4.69) is 28.8 Å². The van der Waals surface area contributed by atoms with Gasteiger partial charge in [0.2, 0.25) is 5.91 Å². The van der Waals surface area contributed by atoms with Crippen LogP contribution >= 0.6 is 11.9 Å².